The first-order valence-corrected chi connectivity index (χ1v) is 8.12. The second-order valence-electron chi connectivity index (χ2n) is 5.86. The molecule has 0 atom stereocenters. The quantitative estimate of drug-likeness (QED) is 0.710. The molecule has 0 saturated heterocycles. The van der Waals surface area contributed by atoms with Crippen LogP contribution in [0.15, 0.2) is 48.5 Å². The van der Waals surface area contributed by atoms with Gasteiger partial charge in [-0.2, -0.15) is 10.2 Å². The first-order valence-electron chi connectivity index (χ1n) is 8.12. The maximum absolute atomic E-state index is 9.02. The van der Waals surface area contributed by atoms with Gasteiger partial charge in [0.2, 0.25) is 5.95 Å². The molecule has 0 aliphatic carbocycles. The molecule has 0 amide bonds. The van der Waals surface area contributed by atoms with Crippen molar-refractivity contribution in [3.63, 3.8) is 0 Å². The van der Waals surface area contributed by atoms with Gasteiger partial charge in [0.15, 0.2) is 0 Å². The summed E-state index contributed by atoms with van der Waals surface area (Å²) in [6.07, 6.45) is 0. The van der Waals surface area contributed by atoms with Crippen molar-refractivity contribution >= 4 is 23.1 Å². The number of aryl methyl sites for hydroxylation is 2. The molecule has 0 saturated carbocycles. The lowest BCUT2D eigenvalue weighted by Gasteiger charge is -2.13. The Morgan fingerprint density at radius 3 is 2.62 bits per heavy atom. The van der Waals surface area contributed by atoms with Crippen LogP contribution in [0.3, 0.4) is 0 Å². The Labute approximate surface area is 152 Å². The standard InChI is InChI=1S/C20H19N5O/c1-13-7-8-18(26-3)17(9-13)24-19-10-14(2)22-20(25-19)23-16-6-4-5-15(11-16)12-21/h4-11H,1-3H3,(H2,22,23,24,25). The molecule has 0 spiro atoms. The van der Waals surface area contributed by atoms with Crippen LogP contribution in [0.4, 0.5) is 23.1 Å². The van der Waals surface area contributed by atoms with E-state index in [0.717, 1.165) is 28.4 Å². The molecule has 130 valence electrons. The first kappa shape index (κ1) is 17.2. The molecule has 0 bridgehead atoms. The number of rotatable bonds is 5. The van der Waals surface area contributed by atoms with Crippen molar-refractivity contribution in [2.24, 2.45) is 0 Å². The van der Waals surface area contributed by atoms with E-state index in [4.69, 9.17) is 10.00 Å². The van der Waals surface area contributed by atoms with E-state index in [0.29, 0.717) is 17.3 Å². The fourth-order valence-electron chi connectivity index (χ4n) is 2.54. The molecule has 2 aromatic carbocycles. The third-order valence-corrected chi connectivity index (χ3v) is 3.72. The van der Waals surface area contributed by atoms with Crippen LogP contribution in [0.25, 0.3) is 0 Å². The van der Waals surface area contributed by atoms with Gasteiger partial charge in [-0.25, -0.2) is 4.98 Å². The van der Waals surface area contributed by atoms with Crippen molar-refractivity contribution in [3.8, 4) is 11.8 Å². The molecule has 26 heavy (non-hydrogen) atoms. The van der Waals surface area contributed by atoms with Crippen molar-refractivity contribution < 1.29 is 4.74 Å². The van der Waals surface area contributed by atoms with Crippen molar-refractivity contribution in [2.75, 3.05) is 17.7 Å². The second kappa shape index (κ2) is 7.53. The number of benzene rings is 2. The van der Waals surface area contributed by atoms with E-state index in [1.54, 1.807) is 19.2 Å². The highest BCUT2D eigenvalue weighted by atomic mass is 16.5. The Morgan fingerprint density at radius 2 is 1.85 bits per heavy atom. The number of methoxy groups -OCH3 is 1. The SMILES string of the molecule is COc1ccc(C)cc1Nc1cc(C)nc(Nc2cccc(C#N)c2)n1. The fourth-order valence-corrected chi connectivity index (χ4v) is 2.54. The minimum absolute atomic E-state index is 0.453. The van der Waals surface area contributed by atoms with E-state index in [9.17, 15) is 0 Å². The van der Waals surface area contributed by atoms with Gasteiger partial charge >= 0.3 is 0 Å². The van der Waals surface area contributed by atoms with Crippen LogP contribution < -0.4 is 15.4 Å². The molecule has 0 radical (unpaired) electrons. The second-order valence-corrected chi connectivity index (χ2v) is 5.86. The van der Waals surface area contributed by atoms with Crippen molar-refractivity contribution in [2.45, 2.75) is 13.8 Å². The maximum Gasteiger partial charge on any atom is 0.229 e. The van der Waals surface area contributed by atoms with Crippen molar-refractivity contribution in [1.82, 2.24) is 9.97 Å². The molecule has 3 rings (SSSR count). The van der Waals surface area contributed by atoms with Gasteiger partial charge in [0, 0.05) is 17.4 Å². The maximum atomic E-state index is 9.02. The lowest BCUT2D eigenvalue weighted by molar-refractivity contribution is 0.416. The smallest absolute Gasteiger partial charge is 0.229 e. The average molecular weight is 345 g/mol. The number of anilines is 4. The van der Waals surface area contributed by atoms with Crippen LogP contribution in [0.5, 0.6) is 5.75 Å². The average Bonchev–Trinajstić information content (AvgIpc) is 2.61. The lowest BCUT2D eigenvalue weighted by atomic mass is 10.2. The zero-order chi connectivity index (χ0) is 18.5. The molecule has 0 aliphatic rings. The summed E-state index contributed by atoms with van der Waals surface area (Å²) in [7, 11) is 1.64. The van der Waals surface area contributed by atoms with Crippen LogP contribution in [-0.2, 0) is 0 Å². The Hall–Kier alpha value is -3.59. The third kappa shape index (κ3) is 4.08. The zero-order valence-electron chi connectivity index (χ0n) is 14.9. The fraction of sp³-hybridized carbons (Fsp3) is 0.150. The van der Waals surface area contributed by atoms with Gasteiger partial charge in [0.1, 0.15) is 11.6 Å². The van der Waals surface area contributed by atoms with E-state index in [1.807, 2.05) is 50.2 Å². The minimum atomic E-state index is 0.453. The van der Waals surface area contributed by atoms with Gasteiger partial charge in [-0.15, -0.1) is 0 Å². The Morgan fingerprint density at radius 1 is 1.00 bits per heavy atom. The van der Waals surface area contributed by atoms with Crippen LogP contribution in [0, 0.1) is 25.2 Å². The van der Waals surface area contributed by atoms with E-state index >= 15 is 0 Å². The van der Waals surface area contributed by atoms with Gasteiger partial charge in [0.25, 0.3) is 0 Å². The van der Waals surface area contributed by atoms with Crippen molar-refractivity contribution in [3.05, 3.63) is 65.4 Å². The molecule has 0 aliphatic heterocycles. The molecule has 6 heteroatoms. The molecule has 3 aromatic rings. The molecule has 2 N–H and O–H groups in total. The normalized spacial score (nSPS) is 10.1. The summed E-state index contributed by atoms with van der Waals surface area (Å²) in [6, 6.07) is 17.1. The number of nitrogens with one attached hydrogen (secondary N) is 2. The Balaban J connectivity index is 1.88. The summed E-state index contributed by atoms with van der Waals surface area (Å²) in [6.45, 7) is 3.92. The van der Waals surface area contributed by atoms with Gasteiger partial charge in [-0.3, -0.25) is 0 Å². The predicted molar refractivity (Wildman–Crippen MR) is 102 cm³/mol. The number of aromatic nitrogens is 2. The van der Waals surface area contributed by atoms with Crippen LogP contribution in [0.1, 0.15) is 16.8 Å². The lowest BCUT2D eigenvalue weighted by Crippen LogP contribution is -2.03. The van der Waals surface area contributed by atoms with Crippen LogP contribution in [0.2, 0.25) is 0 Å². The highest BCUT2D eigenvalue weighted by Gasteiger charge is 2.08. The number of ether oxygens (including phenoxy) is 1. The van der Waals surface area contributed by atoms with Gasteiger partial charge in [0.05, 0.1) is 24.4 Å². The molecule has 1 aromatic heterocycles. The van der Waals surface area contributed by atoms with Gasteiger partial charge in [-0.1, -0.05) is 12.1 Å². The van der Waals surface area contributed by atoms with E-state index in [1.165, 1.54) is 0 Å². The highest BCUT2D eigenvalue weighted by molar-refractivity contribution is 5.66. The molecular formula is C20H19N5O. The predicted octanol–water partition coefficient (Wildman–Crippen LogP) is 4.46. The number of nitrogens with zero attached hydrogens (tertiary/aromatic N) is 3. The summed E-state index contributed by atoms with van der Waals surface area (Å²) < 4.78 is 5.40. The summed E-state index contributed by atoms with van der Waals surface area (Å²) in [5.74, 6) is 1.85. The van der Waals surface area contributed by atoms with Gasteiger partial charge < -0.3 is 15.4 Å². The largest absolute Gasteiger partial charge is 0.495 e. The van der Waals surface area contributed by atoms with E-state index in [-0.39, 0.29) is 0 Å². The molecule has 0 unspecified atom stereocenters. The van der Waals surface area contributed by atoms with Crippen LogP contribution in [-0.4, -0.2) is 17.1 Å². The first-order chi connectivity index (χ1) is 12.6. The Bertz CT molecular complexity index is 978. The summed E-state index contributed by atoms with van der Waals surface area (Å²) in [5.41, 5.74) is 4.10. The van der Waals surface area contributed by atoms with Crippen molar-refractivity contribution in [1.29, 1.82) is 5.26 Å². The molecule has 0 fully saturated rings. The molecule has 6 nitrogen and oxygen atoms in total. The topological polar surface area (TPSA) is 82.9 Å². The number of nitriles is 1. The number of hydrogen-bond acceptors (Lipinski definition) is 6. The van der Waals surface area contributed by atoms with Gasteiger partial charge in [-0.05, 0) is 49.7 Å². The zero-order valence-corrected chi connectivity index (χ0v) is 14.9. The van der Waals surface area contributed by atoms with E-state index < -0.39 is 0 Å². The van der Waals surface area contributed by atoms with Crippen LogP contribution >= 0.6 is 0 Å². The number of hydrogen-bond donors (Lipinski definition) is 2. The third-order valence-electron chi connectivity index (χ3n) is 3.72. The Kier molecular flexibility index (Phi) is 4.99. The summed E-state index contributed by atoms with van der Waals surface area (Å²) >= 11 is 0. The minimum Gasteiger partial charge on any atom is -0.495 e. The highest BCUT2D eigenvalue weighted by Crippen LogP contribution is 2.28. The summed E-state index contributed by atoms with van der Waals surface area (Å²) in [4.78, 5) is 8.92. The molecule has 1 heterocycles. The van der Waals surface area contributed by atoms with E-state index in [2.05, 4.69) is 26.7 Å². The molecular weight excluding hydrogens is 326 g/mol. The summed E-state index contributed by atoms with van der Waals surface area (Å²) in [5, 5.41) is 15.4. The monoisotopic (exact) mass is 345 g/mol.